The molecule has 3 unspecified atom stereocenters. The van der Waals surface area contributed by atoms with Crippen LogP contribution in [-0.2, 0) is 0 Å². The predicted octanol–water partition coefficient (Wildman–Crippen LogP) is 4.13. The third-order valence-electron chi connectivity index (χ3n) is 4.74. The van der Waals surface area contributed by atoms with Crippen LogP contribution in [0.15, 0.2) is 18.2 Å². The first kappa shape index (κ1) is 16.2. The minimum Gasteiger partial charge on any atom is -0.496 e. The van der Waals surface area contributed by atoms with E-state index in [1.165, 1.54) is 30.5 Å². The summed E-state index contributed by atoms with van der Waals surface area (Å²) in [7, 11) is 1.77. The lowest BCUT2D eigenvalue weighted by Crippen LogP contribution is -2.35. The number of benzene rings is 1. The Labute approximate surface area is 129 Å². The maximum Gasteiger partial charge on any atom is 0.125 e. The van der Waals surface area contributed by atoms with Crippen molar-refractivity contribution in [1.29, 1.82) is 0 Å². The van der Waals surface area contributed by atoms with Crippen LogP contribution in [0.1, 0.15) is 58.6 Å². The van der Waals surface area contributed by atoms with E-state index in [1.807, 2.05) is 0 Å². The Kier molecular flexibility index (Phi) is 5.51. The van der Waals surface area contributed by atoms with E-state index in [0.717, 1.165) is 12.3 Å². The van der Waals surface area contributed by atoms with E-state index in [4.69, 9.17) is 4.74 Å². The number of rotatable bonds is 6. The lowest BCUT2D eigenvalue weighted by Gasteiger charge is -2.34. The fraction of sp³-hybridized carbons (Fsp3) is 0.667. The molecule has 3 nitrogen and oxygen atoms in total. The van der Waals surface area contributed by atoms with E-state index in [2.05, 4.69) is 56.1 Å². The summed E-state index contributed by atoms with van der Waals surface area (Å²) in [6.07, 6.45) is 3.78. The van der Waals surface area contributed by atoms with Gasteiger partial charge in [0.2, 0.25) is 0 Å². The molecule has 1 aliphatic rings. The molecule has 0 bridgehead atoms. The molecule has 0 aromatic heterocycles. The number of hydrogen-bond donors (Lipinski definition) is 1. The molecule has 118 valence electrons. The zero-order valence-electron chi connectivity index (χ0n) is 14.1. The van der Waals surface area contributed by atoms with Gasteiger partial charge in [-0.25, -0.2) is 0 Å². The molecule has 0 amide bonds. The number of ether oxygens (including phenoxy) is 1. The summed E-state index contributed by atoms with van der Waals surface area (Å²) in [6.45, 7) is 9.98. The van der Waals surface area contributed by atoms with Crippen LogP contribution in [0.2, 0.25) is 0 Å². The molecule has 1 heterocycles. The van der Waals surface area contributed by atoms with Crippen molar-refractivity contribution in [3.05, 3.63) is 23.8 Å². The Bertz CT molecular complexity index is 461. The second-order valence-corrected chi connectivity index (χ2v) is 6.07. The van der Waals surface area contributed by atoms with E-state index >= 15 is 0 Å². The summed E-state index contributed by atoms with van der Waals surface area (Å²) in [6, 6.07) is 8.01. The molecule has 0 radical (unpaired) electrons. The zero-order chi connectivity index (χ0) is 15.4. The highest BCUT2D eigenvalue weighted by molar-refractivity contribution is 5.62. The third kappa shape index (κ3) is 3.18. The van der Waals surface area contributed by atoms with Gasteiger partial charge < -0.3 is 15.0 Å². The van der Waals surface area contributed by atoms with Crippen LogP contribution in [-0.4, -0.2) is 25.7 Å². The molecule has 1 saturated heterocycles. The van der Waals surface area contributed by atoms with Gasteiger partial charge in [-0.05, 0) is 51.8 Å². The monoisotopic (exact) mass is 290 g/mol. The van der Waals surface area contributed by atoms with Crippen molar-refractivity contribution < 1.29 is 4.74 Å². The highest BCUT2D eigenvalue weighted by atomic mass is 16.5. The molecular weight excluding hydrogens is 260 g/mol. The Hall–Kier alpha value is -1.22. The first-order valence-corrected chi connectivity index (χ1v) is 8.32. The van der Waals surface area contributed by atoms with E-state index in [-0.39, 0.29) is 0 Å². The number of nitrogens with zero attached hydrogens (tertiary/aromatic N) is 1. The SMILES string of the molecule is CCNC(C)c1c(OC)cccc1N1C(C)CCC1CC. The van der Waals surface area contributed by atoms with Crippen molar-refractivity contribution in [1.82, 2.24) is 5.32 Å². The molecule has 1 aliphatic heterocycles. The van der Waals surface area contributed by atoms with E-state index in [9.17, 15) is 0 Å². The average molecular weight is 290 g/mol. The minimum atomic E-state index is 0.298. The van der Waals surface area contributed by atoms with Crippen LogP contribution in [0.4, 0.5) is 5.69 Å². The molecule has 1 aromatic carbocycles. The summed E-state index contributed by atoms with van der Waals surface area (Å²) < 4.78 is 5.65. The van der Waals surface area contributed by atoms with Crippen LogP contribution in [0.5, 0.6) is 5.75 Å². The summed E-state index contributed by atoms with van der Waals surface area (Å²) in [5, 5.41) is 3.54. The highest BCUT2D eigenvalue weighted by Gasteiger charge is 2.32. The fourth-order valence-corrected chi connectivity index (χ4v) is 3.69. The van der Waals surface area contributed by atoms with E-state index in [0.29, 0.717) is 18.1 Å². The van der Waals surface area contributed by atoms with Gasteiger partial charge >= 0.3 is 0 Å². The molecule has 2 rings (SSSR count). The van der Waals surface area contributed by atoms with Crippen LogP contribution in [0, 0.1) is 0 Å². The van der Waals surface area contributed by atoms with Gasteiger partial charge in [-0.15, -0.1) is 0 Å². The van der Waals surface area contributed by atoms with Crippen LogP contribution in [0.3, 0.4) is 0 Å². The summed E-state index contributed by atoms with van der Waals surface area (Å²) >= 11 is 0. The lowest BCUT2D eigenvalue weighted by atomic mass is 10.0. The van der Waals surface area contributed by atoms with Gasteiger partial charge in [-0.1, -0.05) is 19.9 Å². The van der Waals surface area contributed by atoms with Crippen LogP contribution in [0.25, 0.3) is 0 Å². The number of methoxy groups -OCH3 is 1. The molecule has 0 aliphatic carbocycles. The first-order chi connectivity index (χ1) is 10.1. The highest BCUT2D eigenvalue weighted by Crippen LogP contribution is 2.40. The van der Waals surface area contributed by atoms with Crippen molar-refractivity contribution in [2.45, 2.75) is 65.1 Å². The van der Waals surface area contributed by atoms with Crippen LogP contribution < -0.4 is 15.0 Å². The predicted molar refractivity (Wildman–Crippen MR) is 90.3 cm³/mol. The van der Waals surface area contributed by atoms with Gasteiger partial charge in [0.15, 0.2) is 0 Å². The van der Waals surface area contributed by atoms with Crippen molar-refractivity contribution >= 4 is 5.69 Å². The Morgan fingerprint density at radius 1 is 1.33 bits per heavy atom. The molecule has 0 spiro atoms. The maximum atomic E-state index is 5.65. The van der Waals surface area contributed by atoms with Crippen molar-refractivity contribution in [2.75, 3.05) is 18.6 Å². The quantitative estimate of drug-likeness (QED) is 0.852. The Morgan fingerprint density at radius 3 is 2.71 bits per heavy atom. The van der Waals surface area contributed by atoms with Gasteiger partial charge in [0.1, 0.15) is 5.75 Å². The summed E-state index contributed by atoms with van der Waals surface area (Å²) in [5.74, 6) is 0.995. The number of nitrogens with one attached hydrogen (secondary N) is 1. The molecule has 0 saturated carbocycles. The Morgan fingerprint density at radius 2 is 2.10 bits per heavy atom. The standard InChI is InChI=1S/C18H30N2O/c1-6-15-12-11-13(3)20(15)16-9-8-10-17(21-5)18(16)14(4)19-7-2/h8-10,13-15,19H,6-7,11-12H2,1-5H3. The molecule has 3 atom stereocenters. The molecule has 1 aromatic rings. The molecule has 21 heavy (non-hydrogen) atoms. The van der Waals surface area contributed by atoms with Gasteiger partial charge in [0.05, 0.1) is 7.11 Å². The second-order valence-electron chi connectivity index (χ2n) is 6.07. The minimum absolute atomic E-state index is 0.298. The van der Waals surface area contributed by atoms with Gasteiger partial charge in [0, 0.05) is 29.4 Å². The van der Waals surface area contributed by atoms with Gasteiger partial charge in [-0.3, -0.25) is 0 Å². The van der Waals surface area contributed by atoms with Crippen molar-refractivity contribution in [2.24, 2.45) is 0 Å². The zero-order valence-corrected chi connectivity index (χ0v) is 14.1. The molecule has 1 N–H and O–H groups in total. The average Bonchev–Trinajstić information content (AvgIpc) is 2.87. The van der Waals surface area contributed by atoms with E-state index < -0.39 is 0 Å². The van der Waals surface area contributed by atoms with Gasteiger partial charge in [-0.2, -0.15) is 0 Å². The normalized spacial score (nSPS) is 23.4. The lowest BCUT2D eigenvalue weighted by molar-refractivity contribution is 0.402. The summed E-state index contributed by atoms with van der Waals surface area (Å²) in [4.78, 5) is 2.62. The second kappa shape index (κ2) is 7.17. The molecule has 3 heteroatoms. The molecule has 1 fully saturated rings. The topological polar surface area (TPSA) is 24.5 Å². The van der Waals surface area contributed by atoms with Crippen LogP contribution >= 0.6 is 0 Å². The number of hydrogen-bond acceptors (Lipinski definition) is 3. The largest absolute Gasteiger partial charge is 0.496 e. The Balaban J connectivity index is 2.46. The van der Waals surface area contributed by atoms with Crippen molar-refractivity contribution in [3.63, 3.8) is 0 Å². The van der Waals surface area contributed by atoms with Gasteiger partial charge in [0.25, 0.3) is 0 Å². The smallest absolute Gasteiger partial charge is 0.125 e. The first-order valence-electron chi connectivity index (χ1n) is 8.32. The number of anilines is 1. The summed E-state index contributed by atoms with van der Waals surface area (Å²) in [5.41, 5.74) is 2.65. The maximum absolute atomic E-state index is 5.65. The van der Waals surface area contributed by atoms with Crippen molar-refractivity contribution in [3.8, 4) is 5.75 Å². The van der Waals surface area contributed by atoms with E-state index in [1.54, 1.807) is 7.11 Å². The fourth-order valence-electron chi connectivity index (χ4n) is 3.69. The third-order valence-corrected chi connectivity index (χ3v) is 4.74. The molecular formula is C18H30N2O.